The molecule has 3 heteroatoms. The molecule has 0 radical (unpaired) electrons. The van der Waals surface area contributed by atoms with Crippen molar-refractivity contribution in [1.29, 1.82) is 0 Å². The predicted molar refractivity (Wildman–Crippen MR) is 348 cm³/mol. The molecule has 17 rings (SSSR count). The molecule has 0 aromatic heterocycles. The van der Waals surface area contributed by atoms with Crippen LogP contribution in [-0.2, 0) is 21.7 Å². The maximum Gasteiger partial charge on any atom is 0.0754 e. The minimum Gasteiger partial charge on any atom is -0.344 e. The van der Waals surface area contributed by atoms with E-state index < -0.39 is 16.2 Å². The Balaban J connectivity index is 0.856. The van der Waals surface area contributed by atoms with Gasteiger partial charge in [0.2, 0.25) is 0 Å². The van der Waals surface area contributed by atoms with Crippen molar-refractivity contribution in [2.75, 3.05) is 35.8 Å². The molecule has 3 heterocycles. The van der Waals surface area contributed by atoms with Gasteiger partial charge < -0.3 is 14.7 Å². The Kier molecular flexibility index (Phi) is 10.2. The zero-order valence-corrected chi connectivity index (χ0v) is 47.9. The van der Waals surface area contributed by atoms with E-state index in [0.717, 1.165) is 0 Å². The lowest BCUT2D eigenvalue weighted by atomic mass is 9.53. The number of hydrogen-bond acceptors (Lipinski definition) is 3. The lowest BCUT2D eigenvalue weighted by Gasteiger charge is -2.52. The summed E-state index contributed by atoms with van der Waals surface area (Å²) in [6.07, 6.45) is 0. The predicted octanol–water partition coefficient (Wildman–Crippen LogP) is 19.0. The van der Waals surface area contributed by atoms with Crippen molar-refractivity contribution in [2.24, 2.45) is 0 Å². The van der Waals surface area contributed by atoms with Gasteiger partial charge in [0.1, 0.15) is 0 Å². The molecule has 0 amide bonds. The van der Waals surface area contributed by atoms with Crippen molar-refractivity contribution < 1.29 is 0 Å². The van der Waals surface area contributed by atoms with Gasteiger partial charge in [-0.25, -0.2) is 0 Å². The number of rotatable bonds is 4. The first-order chi connectivity index (χ1) is 41.2. The molecule has 3 aliphatic heterocycles. The summed E-state index contributed by atoms with van der Waals surface area (Å²) in [6.45, 7) is 4.80. The van der Waals surface area contributed by atoms with Gasteiger partial charge >= 0.3 is 0 Å². The van der Waals surface area contributed by atoms with Crippen molar-refractivity contribution in [3.05, 3.63) is 357 Å². The topological polar surface area (TPSA) is 9.72 Å². The van der Waals surface area contributed by atoms with Crippen LogP contribution in [0.25, 0.3) is 33.4 Å². The van der Waals surface area contributed by atoms with Crippen LogP contribution in [0.5, 0.6) is 0 Å². The zero-order valence-electron chi connectivity index (χ0n) is 47.9. The molecule has 0 bridgehead atoms. The van der Waals surface area contributed by atoms with Crippen LogP contribution in [-0.4, -0.2) is 21.1 Å². The smallest absolute Gasteiger partial charge is 0.0754 e. The van der Waals surface area contributed by atoms with Crippen molar-refractivity contribution in [1.82, 2.24) is 0 Å². The van der Waals surface area contributed by atoms with Gasteiger partial charge in [-0.2, -0.15) is 0 Å². The average molecular weight is 1080 g/mol. The summed E-state index contributed by atoms with van der Waals surface area (Å²) in [5.74, 6) is 0. The molecule has 0 unspecified atom stereocenters. The molecule has 0 fully saturated rings. The third-order valence-corrected chi connectivity index (χ3v) is 20.4. The summed E-state index contributed by atoms with van der Waals surface area (Å²) in [7, 11) is 6.79. The molecule has 400 valence electrons. The highest BCUT2D eigenvalue weighted by molar-refractivity contribution is 5.96. The molecule has 0 saturated carbocycles. The van der Waals surface area contributed by atoms with E-state index in [9.17, 15) is 0 Å². The van der Waals surface area contributed by atoms with Crippen molar-refractivity contribution >= 4 is 34.1 Å². The van der Waals surface area contributed by atoms with Crippen LogP contribution in [0.3, 0.4) is 0 Å². The van der Waals surface area contributed by atoms with Crippen LogP contribution >= 0.6 is 0 Å². The van der Waals surface area contributed by atoms with E-state index in [-0.39, 0.29) is 5.41 Å². The molecule has 84 heavy (non-hydrogen) atoms. The van der Waals surface area contributed by atoms with Crippen LogP contribution in [0, 0.1) is 0 Å². The first kappa shape index (κ1) is 48.7. The minimum atomic E-state index is -0.562. The molecule has 0 atom stereocenters. The van der Waals surface area contributed by atoms with E-state index in [4.69, 9.17) is 0 Å². The van der Waals surface area contributed by atoms with Crippen molar-refractivity contribution in [2.45, 2.75) is 35.5 Å². The summed E-state index contributed by atoms with van der Waals surface area (Å²) >= 11 is 0. The normalized spacial score (nSPS) is 16.0. The quantitative estimate of drug-likeness (QED) is 0.174. The van der Waals surface area contributed by atoms with Gasteiger partial charge in [0, 0.05) is 60.7 Å². The van der Waals surface area contributed by atoms with Crippen LogP contribution in [0.4, 0.5) is 34.1 Å². The Labute approximate surface area is 493 Å². The fourth-order valence-electron chi connectivity index (χ4n) is 16.8. The van der Waals surface area contributed by atoms with Gasteiger partial charge in [0.15, 0.2) is 0 Å². The summed E-state index contributed by atoms with van der Waals surface area (Å²) in [5, 5.41) is 0. The Morgan fingerprint density at radius 3 is 0.869 bits per heavy atom. The lowest BCUT2D eigenvalue weighted by molar-refractivity contribution is 0.556. The van der Waals surface area contributed by atoms with Crippen LogP contribution in [0.2, 0.25) is 0 Å². The minimum absolute atomic E-state index is 0.175. The summed E-state index contributed by atoms with van der Waals surface area (Å²) in [4.78, 5) is 7.33. The highest BCUT2D eigenvalue weighted by Gasteiger charge is 2.54. The fraction of sp³-hybridized carbons (Fsp3) is 0.111. The van der Waals surface area contributed by atoms with Gasteiger partial charge in [0.05, 0.1) is 16.2 Å². The van der Waals surface area contributed by atoms with Gasteiger partial charge in [-0.3, -0.25) is 0 Å². The summed E-state index contributed by atoms with van der Waals surface area (Å²) in [5.41, 5.74) is 31.2. The van der Waals surface area contributed by atoms with Crippen molar-refractivity contribution in [3.63, 3.8) is 0 Å². The second-order valence-corrected chi connectivity index (χ2v) is 24.4. The maximum atomic E-state index is 2.48. The Morgan fingerprint density at radius 2 is 0.476 bits per heavy atom. The third kappa shape index (κ3) is 6.10. The average Bonchev–Trinajstić information content (AvgIpc) is 1.22. The largest absolute Gasteiger partial charge is 0.344 e. The van der Waals surface area contributed by atoms with Gasteiger partial charge in [-0.1, -0.05) is 257 Å². The van der Waals surface area contributed by atoms with E-state index in [1.165, 1.54) is 145 Å². The first-order valence-electron chi connectivity index (χ1n) is 29.7. The Hall–Kier alpha value is -9.96. The highest BCUT2D eigenvalue weighted by atomic mass is 15.1. The molecule has 12 aromatic carbocycles. The molecule has 0 N–H and O–H groups in total. The van der Waals surface area contributed by atoms with Crippen LogP contribution < -0.4 is 14.7 Å². The first-order valence-corrected chi connectivity index (χ1v) is 29.7. The van der Waals surface area contributed by atoms with Crippen LogP contribution in [0.1, 0.15) is 91.7 Å². The molecular formula is C81H61N3. The molecule has 2 spiro atoms. The van der Waals surface area contributed by atoms with Crippen molar-refractivity contribution in [3.8, 4) is 33.4 Å². The lowest BCUT2D eigenvalue weighted by Crippen LogP contribution is -2.45. The molecular weight excluding hydrogens is 1010 g/mol. The molecule has 0 saturated heterocycles. The zero-order chi connectivity index (χ0) is 56.3. The Bertz CT molecular complexity index is 4590. The highest BCUT2D eigenvalue weighted by Crippen LogP contribution is 2.65. The van der Waals surface area contributed by atoms with Gasteiger partial charge in [0.25, 0.3) is 0 Å². The second-order valence-electron chi connectivity index (χ2n) is 24.4. The molecule has 2 aliphatic carbocycles. The molecule has 12 aromatic rings. The SMILES string of the molecule is CN1c2ccccc2C(c2ccccc2)(c2ccccc2)c2ccc(-c3ccc4c(c3)N(C)c3cc(-c5ccc6c(c5)N(C)c5ccccc5C65c6ccccc6C(C)(C)c6ccccc65)ccc3C43c4ccccc4-c4ccccc43)cc21. The third-order valence-electron chi connectivity index (χ3n) is 20.4. The van der Waals surface area contributed by atoms with E-state index in [1.807, 2.05) is 0 Å². The summed E-state index contributed by atoms with van der Waals surface area (Å²) in [6, 6.07) is 106. The number of benzene rings is 12. The fourth-order valence-corrected chi connectivity index (χ4v) is 16.8. The van der Waals surface area contributed by atoms with E-state index in [1.54, 1.807) is 0 Å². The number of hydrogen-bond donors (Lipinski definition) is 0. The number of anilines is 6. The standard InChI is InChI=1S/C81H61N3/c1-78(2)62-32-16-18-34-64(62)81(65-35-19-17-33-63(65)78)67-37-21-23-39-73(67)83(4)75-49-53(43-47-71(75)81)55-42-46-70-77(51-55)84(5)76-50-54(41-45-69(76)80(70)60-30-14-12-28-58(60)59-29-13-15-31-61(59)80)52-40-44-68-74(48-52)82(3)72-38-22-20-36-66(72)79(68,56-24-8-6-9-25-56)57-26-10-7-11-27-57/h6-51H,1-5H3. The Morgan fingerprint density at radius 1 is 0.214 bits per heavy atom. The monoisotopic (exact) mass is 1080 g/mol. The number of para-hydroxylation sites is 2. The molecule has 3 nitrogen and oxygen atoms in total. The van der Waals surface area contributed by atoms with Gasteiger partial charge in [-0.15, -0.1) is 0 Å². The van der Waals surface area contributed by atoms with E-state index in [2.05, 4.69) is 329 Å². The van der Waals surface area contributed by atoms with E-state index >= 15 is 0 Å². The van der Waals surface area contributed by atoms with E-state index in [0.29, 0.717) is 0 Å². The van der Waals surface area contributed by atoms with Gasteiger partial charge in [-0.05, 0) is 148 Å². The molecule has 5 aliphatic rings. The summed E-state index contributed by atoms with van der Waals surface area (Å²) < 4.78 is 0. The maximum absolute atomic E-state index is 2.48. The number of nitrogens with zero attached hydrogens (tertiary/aromatic N) is 3. The second kappa shape index (κ2) is 17.5. The van der Waals surface area contributed by atoms with Crippen LogP contribution in [0.15, 0.2) is 279 Å². The number of fused-ring (bicyclic) bond motifs is 19.